The number of furan rings is 1. The molecule has 4 aromatic rings. The number of hydrogen-bond donors (Lipinski definition) is 4. The number of para-hydroxylation sites is 1. The number of rotatable bonds is 7. The van der Waals surface area contributed by atoms with Crippen molar-refractivity contribution in [3.63, 3.8) is 0 Å². The molecule has 3 amide bonds. The Labute approximate surface area is 239 Å². The van der Waals surface area contributed by atoms with Crippen molar-refractivity contribution >= 4 is 56.8 Å². The van der Waals surface area contributed by atoms with Crippen LogP contribution in [0.3, 0.4) is 0 Å². The molecule has 0 aliphatic carbocycles. The van der Waals surface area contributed by atoms with Crippen LogP contribution < -0.4 is 16.4 Å². The predicted molar refractivity (Wildman–Crippen MR) is 153 cm³/mol. The number of nitrogens with two attached hydrogens (primary N) is 1. The molecule has 4 heterocycles. The third kappa shape index (κ3) is 5.17. The molecule has 2 saturated heterocycles. The zero-order valence-corrected chi connectivity index (χ0v) is 23.1. The number of nitrogen functional groups attached to an aromatic ring is 1. The van der Waals surface area contributed by atoms with Gasteiger partial charge in [0, 0.05) is 38.6 Å². The van der Waals surface area contributed by atoms with Crippen molar-refractivity contribution < 1.29 is 28.3 Å². The van der Waals surface area contributed by atoms with Crippen LogP contribution in [-0.4, -0.2) is 66.6 Å². The standard InChI is InChI=1S/C29H29N5O6S/c1-16(24-11-18(14-41-24)26(30)31)33-28(37)21-12-29(38-8-9-39-29)15-34(21)25(35)13-32-27(36)17-6-7-23-20(10-17)19-4-2-3-5-22(19)40-23/h2-7,10-11,14,16,21H,8-9,12-13,15H2,1H3,(H3,30,31)(H,32,36)(H,33,37)/t16?,21-/m0/s1. The lowest BCUT2D eigenvalue weighted by Gasteiger charge is -2.25. The first-order chi connectivity index (χ1) is 19.7. The van der Waals surface area contributed by atoms with Crippen LogP contribution in [0.4, 0.5) is 0 Å². The largest absolute Gasteiger partial charge is 0.456 e. The van der Waals surface area contributed by atoms with Gasteiger partial charge in [-0.1, -0.05) is 18.2 Å². The minimum Gasteiger partial charge on any atom is -0.456 e. The van der Waals surface area contributed by atoms with Crippen LogP contribution in [0.5, 0.6) is 0 Å². The lowest BCUT2D eigenvalue weighted by molar-refractivity contribution is -0.152. The SMILES string of the molecule is CC(NC(=O)[C@@H]1CC2(CN1C(=O)CNC(=O)c1ccc3oc4ccccc4c3c1)OCCO2)c1cc(C(=N)N)cs1. The normalized spacial score (nSPS) is 18.7. The maximum absolute atomic E-state index is 13.4. The summed E-state index contributed by atoms with van der Waals surface area (Å²) in [6.45, 7) is 2.35. The molecular formula is C29H29N5O6S. The Kier molecular flexibility index (Phi) is 6.98. The second-order valence-electron chi connectivity index (χ2n) is 10.2. The summed E-state index contributed by atoms with van der Waals surface area (Å²) in [6, 6.07) is 13.3. The Morgan fingerprint density at radius 3 is 2.61 bits per heavy atom. The third-order valence-corrected chi connectivity index (χ3v) is 8.60. The van der Waals surface area contributed by atoms with E-state index in [2.05, 4.69) is 10.6 Å². The Bertz CT molecular complexity index is 1670. The van der Waals surface area contributed by atoms with Gasteiger partial charge in [0.25, 0.3) is 5.91 Å². The van der Waals surface area contributed by atoms with Gasteiger partial charge in [-0.3, -0.25) is 19.8 Å². The number of carbonyl (C=O) groups is 3. The molecule has 2 aromatic heterocycles. The molecule has 11 nitrogen and oxygen atoms in total. The lowest BCUT2D eigenvalue weighted by atomic mass is 10.1. The van der Waals surface area contributed by atoms with E-state index in [0.717, 1.165) is 21.2 Å². The quantitative estimate of drug-likeness (QED) is 0.195. The lowest BCUT2D eigenvalue weighted by Crippen LogP contribution is -2.49. The van der Waals surface area contributed by atoms with Crippen LogP contribution in [0.2, 0.25) is 0 Å². The van der Waals surface area contributed by atoms with Crippen molar-refractivity contribution in [1.82, 2.24) is 15.5 Å². The van der Waals surface area contributed by atoms with Crippen molar-refractivity contribution in [3.05, 3.63) is 69.9 Å². The number of nitrogens with zero attached hydrogens (tertiary/aromatic N) is 1. The van der Waals surface area contributed by atoms with E-state index in [-0.39, 0.29) is 37.3 Å². The molecular weight excluding hydrogens is 546 g/mol. The summed E-state index contributed by atoms with van der Waals surface area (Å²) in [6.07, 6.45) is 0.179. The summed E-state index contributed by atoms with van der Waals surface area (Å²) in [5, 5.41) is 16.7. The summed E-state index contributed by atoms with van der Waals surface area (Å²) in [5.41, 5.74) is 7.95. The van der Waals surface area contributed by atoms with Gasteiger partial charge in [-0.25, -0.2) is 0 Å². The van der Waals surface area contributed by atoms with Crippen LogP contribution in [0.25, 0.3) is 21.9 Å². The Balaban J connectivity index is 1.15. The van der Waals surface area contributed by atoms with Crippen LogP contribution in [0.1, 0.15) is 40.2 Å². The number of carbonyl (C=O) groups excluding carboxylic acids is 3. The van der Waals surface area contributed by atoms with Crippen molar-refractivity contribution in [3.8, 4) is 0 Å². The van der Waals surface area contributed by atoms with E-state index in [1.165, 1.54) is 16.2 Å². The number of likely N-dealkylation sites (tertiary alicyclic amines) is 1. The van der Waals surface area contributed by atoms with Crippen molar-refractivity contribution in [1.29, 1.82) is 5.41 Å². The van der Waals surface area contributed by atoms with E-state index in [9.17, 15) is 14.4 Å². The van der Waals surface area contributed by atoms with E-state index < -0.39 is 23.6 Å². The first kappa shape index (κ1) is 26.9. The van der Waals surface area contributed by atoms with E-state index >= 15 is 0 Å². The molecule has 6 rings (SSSR count). The smallest absolute Gasteiger partial charge is 0.251 e. The topological polar surface area (TPSA) is 160 Å². The summed E-state index contributed by atoms with van der Waals surface area (Å²) >= 11 is 1.39. The van der Waals surface area contributed by atoms with Gasteiger partial charge in [-0.05, 0) is 37.3 Å². The number of thiophene rings is 1. The second-order valence-corrected chi connectivity index (χ2v) is 11.2. The molecule has 5 N–H and O–H groups in total. The van der Waals surface area contributed by atoms with Gasteiger partial charge in [0.15, 0.2) is 5.79 Å². The zero-order chi connectivity index (χ0) is 28.7. The average molecular weight is 576 g/mol. The first-order valence-corrected chi connectivity index (χ1v) is 14.1. The van der Waals surface area contributed by atoms with E-state index in [1.807, 2.05) is 31.2 Å². The van der Waals surface area contributed by atoms with Crippen molar-refractivity contribution in [2.75, 3.05) is 26.3 Å². The first-order valence-electron chi connectivity index (χ1n) is 13.2. The molecule has 1 spiro atoms. The fourth-order valence-electron chi connectivity index (χ4n) is 5.37. The number of ether oxygens (including phenoxy) is 2. The molecule has 2 atom stereocenters. The Morgan fingerprint density at radius 2 is 1.85 bits per heavy atom. The van der Waals surface area contributed by atoms with Crippen molar-refractivity contribution in [2.24, 2.45) is 5.73 Å². The molecule has 2 fully saturated rings. The molecule has 1 unspecified atom stereocenters. The second kappa shape index (κ2) is 10.6. The van der Waals surface area contributed by atoms with Gasteiger partial charge in [-0.15, -0.1) is 11.3 Å². The summed E-state index contributed by atoms with van der Waals surface area (Å²) in [4.78, 5) is 42.1. The fraction of sp³-hybridized carbons (Fsp3) is 0.310. The summed E-state index contributed by atoms with van der Waals surface area (Å²) in [7, 11) is 0. The molecule has 2 aliphatic heterocycles. The van der Waals surface area contributed by atoms with Crippen LogP contribution in [-0.2, 0) is 19.1 Å². The van der Waals surface area contributed by atoms with Gasteiger partial charge in [0.05, 0.1) is 32.3 Å². The van der Waals surface area contributed by atoms with E-state index in [1.54, 1.807) is 29.6 Å². The molecule has 41 heavy (non-hydrogen) atoms. The van der Waals surface area contributed by atoms with Crippen molar-refractivity contribution in [2.45, 2.75) is 31.2 Å². The predicted octanol–water partition coefficient (Wildman–Crippen LogP) is 2.88. The molecule has 212 valence electrons. The zero-order valence-electron chi connectivity index (χ0n) is 22.3. The molecule has 2 aliphatic rings. The summed E-state index contributed by atoms with van der Waals surface area (Å²) in [5.74, 6) is -2.30. The Morgan fingerprint density at radius 1 is 1.10 bits per heavy atom. The van der Waals surface area contributed by atoms with Crippen LogP contribution in [0, 0.1) is 5.41 Å². The van der Waals surface area contributed by atoms with E-state index in [0.29, 0.717) is 29.9 Å². The van der Waals surface area contributed by atoms with Crippen LogP contribution in [0.15, 0.2) is 58.3 Å². The van der Waals surface area contributed by atoms with Gasteiger partial charge in [0.1, 0.15) is 23.0 Å². The minimum atomic E-state index is -1.05. The molecule has 12 heteroatoms. The highest BCUT2D eigenvalue weighted by molar-refractivity contribution is 7.10. The highest BCUT2D eigenvalue weighted by atomic mass is 32.1. The number of nitrogens with one attached hydrogen (secondary N) is 3. The number of hydrogen-bond acceptors (Lipinski definition) is 8. The van der Waals surface area contributed by atoms with Gasteiger partial charge >= 0.3 is 0 Å². The number of amides is 3. The summed E-state index contributed by atoms with van der Waals surface area (Å²) < 4.78 is 17.5. The highest BCUT2D eigenvalue weighted by Gasteiger charge is 2.52. The molecule has 0 radical (unpaired) electrons. The van der Waals surface area contributed by atoms with Crippen LogP contribution >= 0.6 is 11.3 Å². The monoisotopic (exact) mass is 575 g/mol. The van der Waals surface area contributed by atoms with Gasteiger partial charge in [0.2, 0.25) is 11.8 Å². The third-order valence-electron chi connectivity index (χ3n) is 7.48. The molecule has 2 aromatic carbocycles. The molecule has 0 saturated carbocycles. The van der Waals surface area contributed by atoms with Gasteiger partial charge in [-0.2, -0.15) is 0 Å². The fourth-order valence-corrected chi connectivity index (χ4v) is 6.29. The van der Waals surface area contributed by atoms with Gasteiger partial charge < -0.3 is 35.2 Å². The number of amidine groups is 1. The van der Waals surface area contributed by atoms with E-state index in [4.69, 9.17) is 25.0 Å². The number of fused-ring (bicyclic) bond motifs is 3. The maximum Gasteiger partial charge on any atom is 0.251 e. The number of benzene rings is 2. The molecule has 0 bridgehead atoms. The average Bonchev–Trinajstić information content (AvgIpc) is 3.77. The Hall–Kier alpha value is -4.26. The maximum atomic E-state index is 13.4. The highest BCUT2D eigenvalue weighted by Crippen LogP contribution is 2.35. The minimum absolute atomic E-state index is 0.0452.